The molecule has 7 aromatic rings. The molecular formula is C28H17NOS. The van der Waals surface area contributed by atoms with E-state index in [1.165, 1.54) is 36.5 Å². The van der Waals surface area contributed by atoms with Gasteiger partial charge in [-0.15, -0.1) is 11.3 Å². The minimum Gasteiger partial charge on any atom is -0.455 e. The maximum atomic E-state index is 6.37. The largest absolute Gasteiger partial charge is 0.455 e. The number of hydrogen-bond acceptors (Lipinski definition) is 3. The second-order valence-electron chi connectivity index (χ2n) is 8.12. The van der Waals surface area contributed by atoms with Crippen molar-refractivity contribution in [3.05, 3.63) is 90.6 Å². The summed E-state index contributed by atoms with van der Waals surface area (Å²) in [4.78, 5) is 4.83. The molecule has 0 N–H and O–H groups in total. The van der Waals surface area contributed by atoms with E-state index in [4.69, 9.17) is 9.40 Å². The number of aromatic nitrogens is 1. The Labute approximate surface area is 182 Å². The zero-order chi connectivity index (χ0) is 20.5. The fraction of sp³-hybridized carbons (Fsp3) is 0.0357. The highest BCUT2D eigenvalue weighted by atomic mass is 32.1. The average molecular weight is 416 g/mol. The first-order chi connectivity index (χ1) is 15.3. The maximum Gasteiger partial charge on any atom is 0.144 e. The van der Waals surface area contributed by atoms with Crippen molar-refractivity contribution in [1.29, 1.82) is 0 Å². The first-order valence-corrected chi connectivity index (χ1v) is 11.2. The number of benzene rings is 4. The summed E-state index contributed by atoms with van der Waals surface area (Å²) < 4.78 is 8.86. The molecule has 7 rings (SSSR count). The smallest absolute Gasteiger partial charge is 0.144 e. The molecule has 0 amide bonds. The summed E-state index contributed by atoms with van der Waals surface area (Å²) in [5.41, 5.74) is 5.07. The lowest BCUT2D eigenvalue weighted by atomic mass is 10.0. The fourth-order valence-electron chi connectivity index (χ4n) is 4.67. The SMILES string of the molecule is Cc1ccc2c(c1)oc1c(-c3nccc4c3sc3cc5ccccc5cc34)cccc12. The van der Waals surface area contributed by atoms with Crippen LogP contribution in [0.3, 0.4) is 0 Å². The number of hydrogen-bond donors (Lipinski definition) is 0. The standard InChI is InChI=1S/C28H17NOS/c1-16-9-10-19-20-7-4-8-22(27(20)30-24(19)13-16)26-28-21(11-12-29-26)23-14-17-5-2-3-6-18(17)15-25(23)31-28/h2-15H,1H3. The third kappa shape index (κ3) is 2.41. The molecule has 0 fully saturated rings. The zero-order valence-corrected chi connectivity index (χ0v) is 17.7. The van der Waals surface area contributed by atoms with Gasteiger partial charge in [-0.3, -0.25) is 4.98 Å². The van der Waals surface area contributed by atoms with Crippen LogP contribution < -0.4 is 0 Å². The number of fused-ring (bicyclic) bond motifs is 7. The first-order valence-electron chi connectivity index (χ1n) is 10.4. The lowest BCUT2D eigenvalue weighted by Gasteiger charge is -2.03. The number of rotatable bonds is 1. The Morgan fingerprint density at radius 1 is 0.742 bits per heavy atom. The van der Waals surface area contributed by atoms with Crippen molar-refractivity contribution in [2.75, 3.05) is 0 Å². The highest BCUT2D eigenvalue weighted by molar-refractivity contribution is 7.26. The van der Waals surface area contributed by atoms with E-state index in [1.54, 1.807) is 0 Å². The molecule has 2 nitrogen and oxygen atoms in total. The van der Waals surface area contributed by atoms with Gasteiger partial charge in [0.15, 0.2) is 0 Å². The molecule has 31 heavy (non-hydrogen) atoms. The van der Waals surface area contributed by atoms with E-state index in [2.05, 4.69) is 85.8 Å². The number of nitrogens with zero attached hydrogens (tertiary/aromatic N) is 1. The zero-order valence-electron chi connectivity index (χ0n) is 16.8. The Morgan fingerprint density at radius 3 is 2.52 bits per heavy atom. The van der Waals surface area contributed by atoms with Gasteiger partial charge in [0, 0.05) is 38.0 Å². The quantitative estimate of drug-likeness (QED) is 0.269. The normalized spacial score (nSPS) is 12.0. The van der Waals surface area contributed by atoms with Crippen LogP contribution >= 0.6 is 11.3 Å². The topological polar surface area (TPSA) is 26.0 Å². The molecule has 0 spiro atoms. The Bertz CT molecular complexity index is 1810. The van der Waals surface area contributed by atoms with Gasteiger partial charge in [-0.05, 0) is 53.6 Å². The average Bonchev–Trinajstić information content (AvgIpc) is 3.34. The molecule has 0 saturated heterocycles. The van der Waals surface area contributed by atoms with Crippen LogP contribution in [-0.2, 0) is 0 Å². The van der Waals surface area contributed by atoms with Gasteiger partial charge in [0.1, 0.15) is 11.2 Å². The van der Waals surface area contributed by atoms with Crippen molar-refractivity contribution < 1.29 is 4.42 Å². The lowest BCUT2D eigenvalue weighted by Crippen LogP contribution is -1.84. The summed E-state index contributed by atoms with van der Waals surface area (Å²) in [5, 5.41) is 7.36. The number of pyridine rings is 1. The van der Waals surface area contributed by atoms with Crippen molar-refractivity contribution >= 4 is 64.2 Å². The van der Waals surface area contributed by atoms with Gasteiger partial charge >= 0.3 is 0 Å². The third-order valence-corrected chi connectivity index (χ3v) is 7.34. The van der Waals surface area contributed by atoms with Crippen LogP contribution in [0.1, 0.15) is 5.56 Å². The second-order valence-corrected chi connectivity index (χ2v) is 9.17. The highest BCUT2D eigenvalue weighted by Crippen LogP contribution is 2.43. The van der Waals surface area contributed by atoms with E-state index in [0.29, 0.717) is 0 Å². The minimum atomic E-state index is 0.908. The van der Waals surface area contributed by atoms with Gasteiger partial charge in [0.05, 0.1) is 10.4 Å². The number of para-hydroxylation sites is 1. The molecule has 0 saturated carbocycles. The molecule has 0 unspecified atom stereocenters. The van der Waals surface area contributed by atoms with Crippen molar-refractivity contribution in [3.8, 4) is 11.3 Å². The summed E-state index contributed by atoms with van der Waals surface area (Å²) in [6.45, 7) is 2.09. The van der Waals surface area contributed by atoms with Crippen LogP contribution in [0.15, 0.2) is 89.5 Å². The van der Waals surface area contributed by atoms with Gasteiger partial charge in [0.2, 0.25) is 0 Å². The molecule has 0 aliphatic carbocycles. The van der Waals surface area contributed by atoms with Crippen LogP contribution in [-0.4, -0.2) is 4.98 Å². The second kappa shape index (κ2) is 6.16. The molecule has 0 bridgehead atoms. The Morgan fingerprint density at radius 2 is 1.61 bits per heavy atom. The minimum absolute atomic E-state index is 0.908. The van der Waals surface area contributed by atoms with Crippen molar-refractivity contribution in [2.24, 2.45) is 0 Å². The molecule has 3 heteroatoms. The highest BCUT2D eigenvalue weighted by Gasteiger charge is 2.17. The number of aryl methyl sites for hydroxylation is 1. The predicted octanol–water partition coefficient (Wildman–Crippen LogP) is 8.48. The lowest BCUT2D eigenvalue weighted by molar-refractivity contribution is 0.669. The van der Waals surface area contributed by atoms with Gasteiger partial charge in [-0.1, -0.05) is 48.5 Å². The Kier molecular flexibility index (Phi) is 3.39. The molecule has 0 aliphatic heterocycles. The van der Waals surface area contributed by atoms with Crippen LogP contribution in [0.5, 0.6) is 0 Å². The first kappa shape index (κ1) is 17.0. The maximum absolute atomic E-state index is 6.37. The van der Waals surface area contributed by atoms with E-state index in [0.717, 1.165) is 33.2 Å². The van der Waals surface area contributed by atoms with Crippen molar-refractivity contribution in [2.45, 2.75) is 6.92 Å². The van der Waals surface area contributed by atoms with Crippen LogP contribution in [0, 0.1) is 6.92 Å². The monoisotopic (exact) mass is 415 g/mol. The fourth-order valence-corrected chi connectivity index (χ4v) is 5.90. The Balaban J connectivity index is 1.58. The van der Waals surface area contributed by atoms with E-state index < -0.39 is 0 Å². The molecule has 0 radical (unpaired) electrons. The molecule has 0 aliphatic rings. The van der Waals surface area contributed by atoms with Crippen LogP contribution in [0.2, 0.25) is 0 Å². The van der Waals surface area contributed by atoms with Gasteiger partial charge in [-0.25, -0.2) is 0 Å². The van der Waals surface area contributed by atoms with E-state index in [9.17, 15) is 0 Å². The summed E-state index contributed by atoms with van der Waals surface area (Å²) in [6.07, 6.45) is 1.92. The van der Waals surface area contributed by atoms with Gasteiger partial charge in [0.25, 0.3) is 0 Å². The summed E-state index contributed by atoms with van der Waals surface area (Å²) >= 11 is 1.81. The summed E-state index contributed by atoms with van der Waals surface area (Å²) in [5.74, 6) is 0. The van der Waals surface area contributed by atoms with Crippen LogP contribution in [0.4, 0.5) is 0 Å². The third-order valence-electron chi connectivity index (χ3n) is 6.16. The molecule has 4 aromatic carbocycles. The van der Waals surface area contributed by atoms with Crippen molar-refractivity contribution in [3.63, 3.8) is 0 Å². The molecule has 0 atom stereocenters. The molecular weight excluding hydrogens is 398 g/mol. The molecule has 3 aromatic heterocycles. The summed E-state index contributed by atoms with van der Waals surface area (Å²) in [6, 6.07) is 28.0. The number of thiophene rings is 1. The summed E-state index contributed by atoms with van der Waals surface area (Å²) in [7, 11) is 0. The van der Waals surface area contributed by atoms with E-state index in [1.807, 2.05) is 17.5 Å². The van der Waals surface area contributed by atoms with Crippen LogP contribution in [0.25, 0.3) is 64.1 Å². The van der Waals surface area contributed by atoms with Gasteiger partial charge in [-0.2, -0.15) is 0 Å². The molecule has 146 valence electrons. The van der Waals surface area contributed by atoms with E-state index in [-0.39, 0.29) is 0 Å². The van der Waals surface area contributed by atoms with Crippen molar-refractivity contribution in [1.82, 2.24) is 4.98 Å². The number of furan rings is 1. The van der Waals surface area contributed by atoms with E-state index >= 15 is 0 Å². The Hall–Kier alpha value is -3.69. The molecule has 3 heterocycles. The predicted molar refractivity (Wildman–Crippen MR) is 132 cm³/mol. The van der Waals surface area contributed by atoms with Gasteiger partial charge < -0.3 is 4.42 Å².